The Kier molecular flexibility index (Phi) is 2.53. The predicted octanol–water partition coefficient (Wildman–Crippen LogP) is 2.58. The molecule has 0 saturated carbocycles. The van der Waals surface area contributed by atoms with Gasteiger partial charge in [0.15, 0.2) is 12.1 Å². The van der Waals surface area contributed by atoms with E-state index in [2.05, 4.69) is 22.1 Å². The Labute approximate surface area is 125 Å². The van der Waals surface area contributed by atoms with E-state index in [1.54, 1.807) is 4.40 Å². The lowest BCUT2D eigenvalue weighted by Gasteiger charge is -2.08. The number of H-pyrrole nitrogens is 1. The highest BCUT2D eigenvalue weighted by Gasteiger charge is 2.12. The summed E-state index contributed by atoms with van der Waals surface area (Å²) in [5, 5.41) is 8.12. The Bertz CT molecular complexity index is 1030. The van der Waals surface area contributed by atoms with Crippen LogP contribution in [-0.2, 0) is 0 Å². The third-order valence-electron chi connectivity index (χ3n) is 4.00. The molecule has 0 aliphatic heterocycles. The van der Waals surface area contributed by atoms with Gasteiger partial charge in [-0.05, 0) is 41.8 Å². The van der Waals surface area contributed by atoms with Crippen LogP contribution in [0, 0.1) is 6.92 Å². The highest BCUT2D eigenvalue weighted by Crippen LogP contribution is 2.29. The molecule has 0 radical (unpaired) electrons. The third kappa shape index (κ3) is 1.64. The van der Waals surface area contributed by atoms with Crippen LogP contribution in [0.15, 0.2) is 36.7 Å². The van der Waals surface area contributed by atoms with E-state index >= 15 is 0 Å². The van der Waals surface area contributed by atoms with Crippen LogP contribution < -0.4 is 5.73 Å². The molecule has 3 aromatic heterocycles. The van der Waals surface area contributed by atoms with Gasteiger partial charge in [0.1, 0.15) is 11.3 Å². The van der Waals surface area contributed by atoms with E-state index in [9.17, 15) is 4.79 Å². The summed E-state index contributed by atoms with van der Waals surface area (Å²) in [7, 11) is 0. The second kappa shape index (κ2) is 4.42. The highest BCUT2D eigenvalue weighted by atomic mass is 16.1. The Hall–Kier alpha value is -3.15. The number of hydrogen-bond acceptors (Lipinski definition) is 4. The fourth-order valence-corrected chi connectivity index (χ4v) is 2.83. The van der Waals surface area contributed by atoms with Gasteiger partial charge in [0, 0.05) is 11.6 Å². The quantitative estimate of drug-likeness (QED) is 0.555. The number of carbonyl (C=O) groups is 1. The van der Waals surface area contributed by atoms with Gasteiger partial charge in [-0.3, -0.25) is 14.3 Å². The monoisotopic (exact) mass is 291 g/mol. The summed E-state index contributed by atoms with van der Waals surface area (Å²) < 4.78 is 1.72. The molecule has 4 aromatic rings. The minimum atomic E-state index is 0.245. The van der Waals surface area contributed by atoms with Crippen LogP contribution in [0.1, 0.15) is 16.1 Å². The first-order chi connectivity index (χ1) is 10.7. The van der Waals surface area contributed by atoms with Crippen molar-refractivity contribution in [1.82, 2.24) is 19.6 Å². The maximum Gasteiger partial charge on any atom is 0.170 e. The van der Waals surface area contributed by atoms with Crippen LogP contribution in [0.5, 0.6) is 0 Å². The number of anilines is 1. The molecule has 0 fully saturated rings. The van der Waals surface area contributed by atoms with Crippen LogP contribution in [0.4, 0.5) is 5.82 Å². The second-order valence-corrected chi connectivity index (χ2v) is 5.22. The molecule has 4 rings (SSSR count). The minimum Gasteiger partial charge on any atom is -0.382 e. The first-order valence-corrected chi connectivity index (χ1v) is 6.85. The summed E-state index contributed by atoms with van der Waals surface area (Å²) in [5.41, 5.74) is 11.0. The van der Waals surface area contributed by atoms with Gasteiger partial charge in [-0.1, -0.05) is 6.07 Å². The van der Waals surface area contributed by atoms with Crippen LogP contribution in [0.25, 0.3) is 27.7 Å². The van der Waals surface area contributed by atoms with E-state index in [0.717, 1.165) is 33.9 Å². The van der Waals surface area contributed by atoms with Crippen molar-refractivity contribution < 1.29 is 4.79 Å². The zero-order chi connectivity index (χ0) is 15.3. The molecular formula is C16H13N5O. The molecule has 0 bridgehead atoms. The number of imidazole rings is 1. The second-order valence-electron chi connectivity index (χ2n) is 5.22. The van der Waals surface area contributed by atoms with Gasteiger partial charge in [0.2, 0.25) is 0 Å². The number of nitrogens with one attached hydrogen (secondary N) is 1. The number of nitrogen functional groups attached to an aromatic ring is 1. The number of carbonyl (C=O) groups excluding carboxylic acids is 1. The molecule has 0 spiro atoms. The van der Waals surface area contributed by atoms with Gasteiger partial charge in [-0.25, -0.2) is 4.98 Å². The number of benzene rings is 1. The molecule has 108 valence electrons. The SMILES string of the molecule is Cc1c(-c2ccc3nc(N)c(C=O)n3c2)ccc2[nH]ncc12. The van der Waals surface area contributed by atoms with Gasteiger partial charge >= 0.3 is 0 Å². The molecule has 1 aromatic carbocycles. The van der Waals surface area contributed by atoms with Crippen LogP contribution in [0.3, 0.4) is 0 Å². The van der Waals surface area contributed by atoms with Crippen molar-refractivity contribution in [2.45, 2.75) is 6.92 Å². The molecule has 3 N–H and O–H groups in total. The van der Waals surface area contributed by atoms with E-state index in [1.165, 1.54) is 0 Å². The molecule has 3 heterocycles. The number of aldehydes is 1. The van der Waals surface area contributed by atoms with Crippen molar-refractivity contribution in [3.63, 3.8) is 0 Å². The van der Waals surface area contributed by atoms with Crippen molar-refractivity contribution in [2.75, 3.05) is 5.73 Å². The smallest absolute Gasteiger partial charge is 0.170 e. The van der Waals surface area contributed by atoms with E-state index < -0.39 is 0 Å². The first kappa shape index (κ1) is 12.6. The average Bonchev–Trinajstić information content (AvgIpc) is 3.10. The van der Waals surface area contributed by atoms with Gasteiger partial charge in [0.25, 0.3) is 0 Å². The molecular weight excluding hydrogens is 278 g/mol. The Morgan fingerprint density at radius 2 is 2.14 bits per heavy atom. The number of fused-ring (bicyclic) bond motifs is 2. The van der Waals surface area contributed by atoms with Crippen molar-refractivity contribution in [3.05, 3.63) is 47.9 Å². The zero-order valence-electron chi connectivity index (χ0n) is 11.9. The zero-order valence-corrected chi connectivity index (χ0v) is 11.9. The normalized spacial score (nSPS) is 11.3. The average molecular weight is 291 g/mol. The predicted molar refractivity (Wildman–Crippen MR) is 84.8 cm³/mol. The molecule has 0 saturated heterocycles. The fraction of sp³-hybridized carbons (Fsp3) is 0.0625. The number of nitrogens with two attached hydrogens (primary N) is 1. The molecule has 0 unspecified atom stereocenters. The Morgan fingerprint density at radius 1 is 1.27 bits per heavy atom. The van der Waals surface area contributed by atoms with E-state index in [4.69, 9.17) is 5.73 Å². The maximum atomic E-state index is 11.2. The van der Waals surface area contributed by atoms with Crippen molar-refractivity contribution in [2.24, 2.45) is 0 Å². The number of nitrogens with zero attached hydrogens (tertiary/aromatic N) is 3. The molecule has 0 aliphatic rings. The van der Waals surface area contributed by atoms with E-state index in [1.807, 2.05) is 36.7 Å². The minimum absolute atomic E-state index is 0.245. The number of aryl methyl sites for hydroxylation is 1. The number of rotatable bonds is 2. The van der Waals surface area contributed by atoms with Gasteiger partial charge < -0.3 is 5.73 Å². The summed E-state index contributed by atoms with van der Waals surface area (Å²) in [6.07, 6.45) is 4.43. The van der Waals surface area contributed by atoms with E-state index in [0.29, 0.717) is 11.3 Å². The summed E-state index contributed by atoms with van der Waals surface area (Å²) in [6, 6.07) is 7.87. The Balaban J connectivity index is 1.99. The number of pyridine rings is 1. The standard InChI is InChI=1S/C16H13N5O/c1-9-11(3-4-13-12(9)6-18-20-13)10-2-5-15-19-16(17)14(8-22)21(15)7-10/h2-8H,17H2,1H3,(H,18,20). The highest BCUT2D eigenvalue weighted by molar-refractivity contribution is 5.89. The van der Waals surface area contributed by atoms with E-state index in [-0.39, 0.29) is 5.82 Å². The van der Waals surface area contributed by atoms with Gasteiger partial charge in [-0.15, -0.1) is 0 Å². The van der Waals surface area contributed by atoms with Crippen LogP contribution in [0.2, 0.25) is 0 Å². The summed E-state index contributed by atoms with van der Waals surface area (Å²) in [4.78, 5) is 15.4. The molecule has 0 aliphatic carbocycles. The molecule has 6 heteroatoms. The Morgan fingerprint density at radius 3 is 2.95 bits per heavy atom. The molecule has 22 heavy (non-hydrogen) atoms. The van der Waals surface area contributed by atoms with Crippen molar-refractivity contribution in [1.29, 1.82) is 0 Å². The maximum absolute atomic E-state index is 11.2. The van der Waals surface area contributed by atoms with Gasteiger partial charge in [-0.2, -0.15) is 5.10 Å². The lowest BCUT2D eigenvalue weighted by Crippen LogP contribution is -1.95. The number of aromatic amines is 1. The van der Waals surface area contributed by atoms with Crippen LogP contribution in [-0.4, -0.2) is 25.9 Å². The van der Waals surface area contributed by atoms with Gasteiger partial charge in [0.05, 0.1) is 11.7 Å². The molecule has 0 amide bonds. The fourth-order valence-electron chi connectivity index (χ4n) is 2.83. The number of aromatic nitrogens is 4. The topological polar surface area (TPSA) is 89.1 Å². The summed E-state index contributed by atoms with van der Waals surface area (Å²) >= 11 is 0. The largest absolute Gasteiger partial charge is 0.382 e. The van der Waals surface area contributed by atoms with Crippen LogP contribution >= 0.6 is 0 Å². The number of hydrogen-bond donors (Lipinski definition) is 2. The first-order valence-electron chi connectivity index (χ1n) is 6.85. The van der Waals surface area contributed by atoms with Crippen molar-refractivity contribution in [3.8, 4) is 11.1 Å². The summed E-state index contributed by atoms with van der Waals surface area (Å²) in [5.74, 6) is 0.245. The lowest BCUT2D eigenvalue weighted by atomic mass is 9.99. The molecule has 6 nitrogen and oxygen atoms in total. The molecule has 0 atom stereocenters. The van der Waals surface area contributed by atoms with Crippen molar-refractivity contribution >= 4 is 28.7 Å². The summed E-state index contributed by atoms with van der Waals surface area (Å²) in [6.45, 7) is 2.06. The lowest BCUT2D eigenvalue weighted by molar-refractivity contribution is 0.111. The third-order valence-corrected chi connectivity index (χ3v) is 4.00.